The molecule has 0 saturated carbocycles. The fourth-order valence-electron chi connectivity index (χ4n) is 1.67. The van der Waals surface area contributed by atoms with E-state index in [4.69, 9.17) is 16.7 Å². The van der Waals surface area contributed by atoms with Crippen LogP contribution < -0.4 is 5.32 Å². The molecule has 1 unspecified atom stereocenters. The van der Waals surface area contributed by atoms with Crippen LogP contribution in [0.3, 0.4) is 0 Å². The molecule has 1 aromatic rings. The first-order chi connectivity index (χ1) is 9.85. The second kappa shape index (κ2) is 7.78. The number of nitrogens with one attached hydrogen (secondary N) is 1. The topological polar surface area (TPSA) is 66.4 Å². The fraction of sp³-hybridized carbons (Fsp3) is 0.333. The Kier molecular flexibility index (Phi) is 6.37. The lowest BCUT2D eigenvalue weighted by Crippen LogP contribution is -2.44. The lowest BCUT2D eigenvalue weighted by Gasteiger charge is -2.19. The van der Waals surface area contributed by atoms with E-state index in [1.54, 1.807) is 6.92 Å². The average Bonchev–Trinajstić information content (AvgIpc) is 2.44. The molecule has 0 spiro atoms. The molecule has 1 amide bonds. The predicted octanol–water partition coefficient (Wildman–Crippen LogP) is 3.11. The van der Waals surface area contributed by atoms with Gasteiger partial charge in [0.1, 0.15) is 11.9 Å². The van der Waals surface area contributed by atoms with Crippen molar-refractivity contribution in [2.45, 2.75) is 26.3 Å². The van der Waals surface area contributed by atoms with Crippen LogP contribution in [-0.2, 0) is 9.59 Å². The van der Waals surface area contributed by atoms with Gasteiger partial charge in [0.2, 0.25) is 5.91 Å². The highest BCUT2D eigenvalue weighted by atomic mass is 35.5. The van der Waals surface area contributed by atoms with Gasteiger partial charge in [-0.1, -0.05) is 37.9 Å². The lowest BCUT2D eigenvalue weighted by atomic mass is 9.99. The Labute approximate surface area is 127 Å². The first-order valence-electron chi connectivity index (χ1n) is 6.51. The summed E-state index contributed by atoms with van der Waals surface area (Å²) in [5.41, 5.74) is 0.548. The highest BCUT2D eigenvalue weighted by Gasteiger charge is 2.24. The Morgan fingerprint density at radius 2 is 2.14 bits per heavy atom. The maximum absolute atomic E-state index is 13.0. The van der Waals surface area contributed by atoms with E-state index in [-0.39, 0.29) is 10.9 Å². The zero-order chi connectivity index (χ0) is 16.0. The molecular weight excluding hydrogens is 297 g/mol. The fourth-order valence-corrected chi connectivity index (χ4v) is 1.86. The van der Waals surface area contributed by atoms with Crippen LogP contribution in [0.5, 0.6) is 0 Å². The van der Waals surface area contributed by atoms with Crippen LogP contribution in [-0.4, -0.2) is 23.0 Å². The summed E-state index contributed by atoms with van der Waals surface area (Å²) >= 11 is 5.63. The van der Waals surface area contributed by atoms with E-state index in [0.717, 1.165) is 0 Å². The molecule has 0 fully saturated rings. The van der Waals surface area contributed by atoms with E-state index < -0.39 is 23.7 Å². The molecule has 0 radical (unpaired) electrons. The van der Waals surface area contributed by atoms with E-state index in [0.29, 0.717) is 12.0 Å². The smallest absolute Gasteiger partial charge is 0.326 e. The lowest BCUT2D eigenvalue weighted by molar-refractivity contribution is -0.142. The summed E-state index contributed by atoms with van der Waals surface area (Å²) in [6.45, 7) is 3.60. The molecule has 0 aliphatic carbocycles. The summed E-state index contributed by atoms with van der Waals surface area (Å²) < 4.78 is 13.0. The van der Waals surface area contributed by atoms with Gasteiger partial charge in [-0.3, -0.25) is 4.79 Å². The number of carbonyl (C=O) groups excluding carboxylic acids is 1. The first-order valence-corrected chi connectivity index (χ1v) is 6.89. The number of hydrogen-bond donors (Lipinski definition) is 2. The molecule has 114 valence electrons. The molecule has 0 aliphatic rings. The largest absolute Gasteiger partial charge is 0.480 e. The van der Waals surface area contributed by atoms with Gasteiger partial charge in [-0.2, -0.15) is 0 Å². The zero-order valence-corrected chi connectivity index (χ0v) is 12.5. The molecular formula is C15H17ClFNO3. The number of aliphatic carboxylic acids is 1. The molecule has 1 aromatic carbocycles. The maximum Gasteiger partial charge on any atom is 0.326 e. The Morgan fingerprint density at radius 1 is 1.48 bits per heavy atom. The van der Waals surface area contributed by atoms with E-state index in [1.165, 1.54) is 30.4 Å². The van der Waals surface area contributed by atoms with Crippen molar-refractivity contribution in [3.05, 3.63) is 40.7 Å². The van der Waals surface area contributed by atoms with Crippen molar-refractivity contribution in [2.24, 2.45) is 5.92 Å². The van der Waals surface area contributed by atoms with Crippen molar-refractivity contribution in [3.63, 3.8) is 0 Å². The van der Waals surface area contributed by atoms with Crippen molar-refractivity contribution < 1.29 is 19.1 Å². The summed E-state index contributed by atoms with van der Waals surface area (Å²) in [6.07, 6.45) is 3.27. The number of amides is 1. The van der Waals surface area contributed by atoms with Gasteiger partial charge < -0.3 is 10.4 Å². The van der Waals surface area contributed by atoms with E-state index in [1.807, 2.05) is 6.92 Å². The third-order valence-corrected chi connectivity index (χ3v) is 3.44. The van der Waals surface area contributed by atoms with Crippen LogP contribution >= 0.6 is 11.6 Å². The average molecular weight is 314 g/mol. The van der Waals surface area contributed by atoms with E-state index in [9.17, 15) is 14.0 Å². The summed E-state index contributed by atoms with van der Waals surface area (Å²) in [5, 5.41) is 11.5. The predicted molar refractivity (Wildman–Crippen MR) is 79.5 cm³/mol. The highest BCUT2D eigenvalue weighted by Crippen LogP contribution is 2.16. The van der Waals surface area contributed by atoms with Crippen LogP contribution in [0, 0.1) is 11.7 Å². The summed E-state index contributed by atoms with van der Waals surface area (Å²) in [5.74, 6) is -2.32. The van der Waals surface area contributed by atoms with Gasteiger partial charge in [0, 0.05) is 6.08 Å². The molecule has 2 N–H and O–H groups in total. The van der Waals surface area contributed by atoms with Crippen LogP contribution in [0.2, 0.25) is 5.02 Å². The molecule has 2 atom stereocenters. The molecule has 0 aromatic heterocycles. The standard InChI is InChI=1S/C15H17ClFNO3/c1-3-9(2)14(15(20)21)18-13(19)7-5-10-4-6-12(17)11(16)8-10/h4-9,14H,3H2,1-2H3,(H,18,19)(H,20,21)/t9?,14-/m0/s1. The van der Waals surface area contributed by atoms with Crippen LogP contribution in [0.15, 0.2) is 24.3 Å². The summed E-state index contributed by atoms with van der Waals surface area (Å²) in [7, 11) is 0. The Hall–Kier alpha value is -1.88. The van der Waals surface area contributed by atoms with Gasteiger partial charge in [-0.15, -0.1) is 0 Å². The molecule has 0 saturated heterocycles. The van der Waals surface area contributed by atoms with Crippen molar-refractivity contribution in [3.8, 4) is 0 Å². The SMILES string of the molecule is CCC(C)[C@H](NC(=O)C=Cc1ccc(F)c(Cl)c1)C(=O)O. The Balaban J connectivity index is 2.73. The van der Waals surface area contributed by atoms with E-state index >= 15 is 0 Å². The number of benzene rings is 1. The third-order valence-electron chi connectivity index (χ3n) is 3.15. The normalized spacial score (nSPS) is 13.9. The molecule has 6 heteroatoms. The minimum absolute atomic E-state index is 0.0411. The maximum atomic E-state index is 13.0. The summed E-state index contributed by atoms with van der Waals surface area (Å²) in [6, 6.07) is 3.10. The second-order valence-corrected chi connectivity index (χ2v) is 5.12. The number of rotatable bonds is 6. The van der Waals surface area contributed by atoms with Crippen LogP contribution in [0.1, 0.15) is 25.8 Å². The van der Waals surface area contributed by atoms with Gasteiger partial charge in [0.05, 0.1) is 5.02 Å². The second-order valence-electron chi connectivity index (χ2n) is 4.72. The zero-order valence-electron chi connectivity index (χ0n) is 11.8. The summed E-state index contributed by atoms with van der Waals surface area (Å²) in [4.78, 5) is 22.8. The van der Waals surface area contributed by atoms with Gasteiger partial charge in [-0.05, 0) is 29.7 Å². The molecule has 0 aliphatic heterocycles. The van der Waals surface area contributed by atoms with Gasteiger partial charge in [0.15, 0.2) is 0 Å². The number of carbonyl (C=O) groups is 2. The minimum atomic E-state index is -1.07. The van der Waals surface area contributed by atoms with Gasteiger partial charge in [-0.25, -0.2) is 9.18 Å². The van der Waals surface area contributed by atoms with Gasteiger partial charge in [0.25, 0.3) is 0 Å². The third kappa shape index (κ3) is 5.19. The van der Waals surface area contributed by atoms with Crippen molar-refractivity contribution in [1.29, 1.82) is 0 Å². The number of hydrogen-bond acceptors (Lipinski definition) is 2. The van der Waals surface area contributed by atoms with Crippen LogP contribution in [0.4, 0.5) is 4.39 Å². The monoisotopic (exact) mass is 313 g/mol. The number of carboxylic acids is 1. The number of carboxylic acid groups (broad SMARTS) is 1. The molecule has 0 heterocycles. The van der Waals surface area contributed by atoms with Crippen LogP contribution in [0.25, 0.3) is 6.08 Å². The first kappa shape index (κ1) is 17.2. The molecule has 4 nitrogen and oxygen atoms in total. The molecule has 1 rings (SSSR count). The van der Waals surface area contributed by atoms with Gasteiger partial charge >= 0.3 is 5.97 Å². The van der Waals surface area contributed by atoms with Crippen molar-refractivity contribution >= 4 is 29.6 Å². The van der Waals surface area contributed by atoms with E-state index in [2.05, 4.69) is 5.32 Å². The van der Waals surface area contributed by atoms with Crippen molar-refractivity contribution in [2.75, 3.05) is 0 Å². The van der Waals surface area contributed by atoms with Crippen molar-refractivity contribution in [1.82, 2.24) is 5.32 Å². The molecule has 21 heavy (non-hydrogen) atoms. The number of halogens is 2. The highest BCUT2D eigenvalue weighted by molar-refractivity contribution is 6.30. The Bertz CT molecular complexity index is 560. The molecule has 0 bridgehead atoms. The Morgan fingerprint density at radius 3 is 2.67 bits per heavy atom. The quantitative estimate of drug-likeness (QED) is 0.793. The minimum Gasteiger partial charge on any atom is -0.480 e.